The fourth-order valence-electron chi connectivity index (χ4n) is 3.10. The molecule has 4 N–H and O–H groups in total. The van der Waals surface area contributed by atoms with E-state index < -0.39 is 5.60 Å². The highest BCUT2D eigenvalue weighted by Gasteiger charge is 2.25. The second-order valence-corrected chi connectivity index (χ2v) is 8.49. The number of rotatable bonds is 3. The summed E-state index contributed by atoms with van der Waals surface area (Å²) in [7, 11) is 0. The maximum atomic E-state index is 11.9. The standard InChI is InChI=1S/C17H25BrN6O2/c1-17(2,3)26-16(25)22-11-6-4-10(5-7-11)21-14-8-13(19)24-15(23-14)12(18)9-20-24/h8-11H,4-7,19H2,1-3H3,(H,21,23)(H,22,25). The maximum Gasteiger partial charge on any atom is 0.407 e. The van der Waals surface area contributed by atoms with Gasteiger partial charge in [-0.05, 0) is 62.4 Å². The summed E-state index contributed by atoms with van der Waals surface area (Å²) >= 11 is 3.43. The van der Waals surface area contributed by atoms with Crippen LogP contribution in [0.3, 0.4) is 0 Å². The van der Waals surface area contributed by atoms with E-state index in [4.69, 9.17) is 10.5 Å². The second-order valence-electron chi connectivity index (χ2n) is 7.63. The number of aromatic nitrogens is 3. The first-order chi connectivity index (χ1) is 12.2. The number of hydrogen-bond donors (Lipinski definition) is 3. The number of ether oxygens (including phenoxy) is 1. The lowest BCUT2D eigenvalue weighted by Crippen LogP contribution is -2.42. The largest absolute Gasteiger partial charge is 0.444 e. The molecule has 0 aliphatic heterocycles. The summed E-state index contributed by atoms with van der Waals surface area (Å²) in [4.78, 5) is 16.5. The Bertz CT molecular complexity index is 792. The summed E-state index contributed by atoms with van der Waals surface area (Å²) < 4.78 is 7.72. The van der Waals surface area contributed by atoms with E-state index in [1.54, 1.807) is 16.8 Å². The lowest BCUT2D eigenvalue weighted by Gasteiger charge is -2.30. The molecule has 2 aromatic heterocycles. The van der Waals surface area contributed by atoms with Gasteiger partial charge in [0.2, 0.25) is 0 Å². The molecule has 26 heavy (non-hydrogen) atoms. The van der Waals surface area contributed by atoms with Crippen LogP contribution in [0.5, 0.6) is 0 Å². The van der Waals surface area contributed by atoms with Crippen molar-refractivity contribution in [2.45, 2.75) is 64.1 Å². The SMILES string of the molecule is CC(C)(C)OC(=O)NC1CCC(Nc2cc(N)n3ncc(Br)c3n2)CC1. The van der Waals surface area contributed by atoms with E-state index in [2.05, 4.69) is 36.6 Å². The van der Waals surface area contributed by atoms with Crippen molar-refractivity contribution in [3.63, 3.8) is 0 Å². The monoisotopic (exact) mass is 424 g/mol. The molecule has 2 heterocycles. The van der Waals surface area contributed by atoms with Gasteiger partial charge >= 0.3 is 6.09 Å². The number of amides is 1. The Morgan fingerprint density at radius 1 is 1.31 bits per heavy atom. The highest BCUT2D eigenvalue weighted by atomic mass is 79.9. The molecule has 3 rings (SSSR count). The van der Waals surface area contributed by atoms with Crippen molar-refractivity contribution >= 4 is 39.3 Å². The molecule has 1 saturated carbocycles. The molecule has 8 nitrogen and oxygen atoms in total. The number of nitrogens with zero attached hydrogens (tertiary/aromatic N) is 3. The van der Waals surface area contributed by atoms with Crippen LogP contribution in [0.15, 0.2) is 16.7 Å². The molecule has 0 atom stereocenters. The molecule has 1 fully saturated rings. The Kier molecular flexibility index (Phi) is 5.27. The van der Waals surface area contributed by atoms with Crippen molar-refractivity contribution in [2.75, 3.05) is 11.1 Å². The highest BCUT2D eigenvalue weighted by Crippen LogP contribution is 2.25. The number of anilines is 2. The minimum atomic E-state index is -0.477. The topological polar surface area (TPSA) is 107 Å². The Morgan fingerprint density at radius 2 is 1.96 bits per heavy atom. The summed E-state index contributed by atoms with van der Waals surface area (Å²) in [6, 6.07) is 2.23. The van der Waals surface area contributed by atoms with E-state index in [0.717, 1.165) is 36.0 Å². The van der Waals surface area contributed by atoms with Crippen molar-refractivity contribution in [2.24, 2.45) is 0 Å². The number of halogens is 1. The molecular weight excluding hydrogens is 400 g/mol. The summed E-state index contributed by atoms with van der Waals surface area (Å²) in [5.74, 6) is 1.27. The third kappa shape index (κ3) is 4.57. The number of alkyl carbamates (subject to hydrolysis) is 1. The zero-order chi connectivity index (χ0) is 18.9. The smallest absolute Gasteiger partial charge is 0.407 e. The molecule has 0 unspecified atom stereocenters. The lowest BCUT2D eigenvalue weighted by atomic mass is 9.91. The van der Waals surface area contributed by atoms with Crippen molar-refractivity contribution in [1.29, 1.82) is 0 Å². The number of nitrogens with one attached hydrogen (secondary N) is 2. The maximum absolute atomic E-state index is 11.9. The molecule has 0 aromatic carbocycles. The minimum Gasteiger partial charge on any atom is -0.444 e. The van der Waals surface area contributed by atoms with Gasteiger partial charge in [0.15, 0.2) is 5.65 Å². The van der Waals surface area contributed by atoms with Crippen molar-refractivity contribution < 1.29 is 9.53 Å². The van der Waals surface area contributed by atoms with Crippen LogP contribution in [0.2, 0.25) is 0 Å². The average Bonchev–Trinajstić information content (AvgIpc) is 2.89. The van der Waals surface area contributed by atoms with Crippen LogP contribution in [-0.2, 0) is 4.74 Å². The Hall–Kier alpha value is -2.03. The minimum absolute atomic E-state index is 0.146. The van der Waals surface area contributed by atoms with Crippen molar-refractivity contribution in [3.05, 3.63) is 16.7 Å². The van der Waals surface area contributed by atoms with Gasteiger partial charge in [0.1, 0.15) is 17.2 Å². The molecule has 1 aliphatic carbocycles. The summed E-state index contributed by atoms with van der Waals surface area (Å²) in [5, 5.41) is 10.6. The van der Waals surface area contributed by atoms with Crippen LogP contribution >= 0.6 is 15.9 Å². The molecule has 1 amide bonds. The number of hydrogen-bond acceptors (Lipinski definition) is 6. The number of nitrogen functional groups attached to an aromatic ring is 1. The third-order valence-electron chi connectivity index (χ3n) is 4.26. The van der Waals surface area contributed by atoms with Gasteiger partial charge in [-0.3, -0.25) is 0 Å². The van der Waals surface area contributed by atoms with Crippen LogP contribution in [0.25, 0.3) is 5.65 Å². The van der Waals surface area contributed by atoms with E-state index in [1.165, 1.54) is 0 Å². The van der Waals surface area contributed by atoms with Crippen LogP contribution in [-0.4, -0.2) is 38.4 Å². The van der Waals surface area contributed by atoms with Gasteiger partial charge in [-0.1, -0.05) is 0 Å². The van der Waals surface area contributed by atoms with Crippen LogP contribution in [0.1, 0.15) is 46.5 Å². The average molecular weight is 425 g/mol. The Morgan fingerprint density at radius 3 is 2.62 bits per heavy atom. The fourth-order valence-corrected chi connectivity index (χ4v) is 3.45. The van der Waals surface area contributed by atoms with E-state index in [-0.39, 0.29) is 12.1 Å². The third-order valence-corrected chi connectivity index (χ3v) is 4.82. The van der Waals surface area contributed by atoms with Gasteiger partial charge in [-0.15, -0.1) is 0 Å². The first-order valence-corrected chi connectivity index (χ1v) is 9.56. The molecule has 9 heteroatoms. The van der Waals surface area contributed by atoms with Crippen LogP contribution < -0.4 is 16.4 Å². The molecular formula is C17H25BrN6O2. The highest BCUT2D eigenvalue weighted by molar-refractivity contribution is 9.10. The number of carbonyl (C=O) groups excluding carboxylic acids is 1. The van der Waals surface area contributed by atoms with E-state index >= 15 is 0 Å². The van der Waals surface area contributed by atoms with Gasteiger partial charge < -0.3 is 21.1 Å². The van der Waals surface area contributed by atoms with Crippen LogP contribution in [0, 0.1) is 0 Å². The van der Waals surface area contributed by atoms with Crippen molar-refractivity contribution in [3.8, 4) is 0 Å². The number of carbonyl (C=O) groups is 1. The van der Waals surface area contributed by atoms with Crippen LogP contribution in [0.4, 0.5) is 16.4 Å². The zero-order valence-electron chi connectivity index (χ0n) is 15.3. The second kappa shape index (κ2) is 7.30. The van der Waals surface area contributed by atoms with E-state index in [0.29, 0.717) is 17.5 Å². The Labute approximate surface area is 161 Å². The summed E-state index contributed by atoms with van der Waals surface area (Å²) in [6.45, 7) is 5.59. The molecule has 1 aliphatic rings. The van der Waals surface area contributed by atoms with Crippen molar-refractivity contribution in [1.82, 2.24) is 19.9 Å². The van der Waals surface area contributed by atoms with Gasteiger partial charge in [-0.2, -0.15) is 9.61 Å². The Balaban J connectivity index is 1.54. The predicted octanol–water partition coefficient (Wildman–Crippen LogP) is 3.32. The van der Waals surface area contributed by atoms with E-state index in [1.807, 2.05) is 20.8 Å². The lowest BCUT2D eigenvalue weighted by molar-refractivity contribution is 0.0492. The van der Waals surface area contributed by atoms with Gasteiger partial charge in [-0.25, -0.2) is 9.78 Å². The predicted molar refractivity (Wildman–Crippen MR) is 104 cm³/mol. The van der Waals surface area contributed by atoms with Gasteiger partial charge in [0.05, 0.1) is 10.7 Å². The number of fused-ring (bicyclic) bond motifs is 1. The summed E-state index contributed by atoms with van der Waals surface area (Å²) in [5.41, 5.74) is 6.25. The molecule has 142 valence electrons. The zero-order valence-corrected chi connectivity index (χ0v) is 16.8. The fraction of sp³-hybridized carbons (Fsp3) is 0.588. The first-order valence-electron chi connectivity index (χ1n) is 8.77. The number of nitrogens with two attached hydrogens (primary N) is 1. The molecule has 0 spiro atoms. The van der Waals surface area contributed by atoms with Gasteiger partial charge in [0, 0.05) is 18.2 Å². The quantitative estimate of drug-likeness (QED) is 0.697. The molecule has 0 bridgehead atoms. The molecule has 2 aromatic rings. The molecule has 0 saturated heterocycles. The van der Waals surface area contributed by atoms with Gasteiger partial charge in [0.25, 0.3) is 0 Å². The molecule has 0 radical (unpaired) electrons. The summed E-state index contributed by atoms with van der Waals surface area (Å²) in [6.07, 6.45) is 4.99. The first kappa shape index (κ1) is 18.8. The van der Waals surface area contributed by atoms with E-state index in [9.17, 15) is 4.79 Å². The normalized spacial score (nSPS) is 20.8.